The van der Waals surface area contributed by atoms with Crippen LogP contribution in [0.1, 0.15) is 25.5 Å². The third kappa shape index (κ3) is 3.65. The molecule has 6 nitrogen and oxygen atoms in total. The maximum atomic E-state index is 12.4. The Balaban J connectivity index is 1.55. The summed E-state index contributed by atoms with van der Waals surface area (Å²) in [4.78, 5) is 14.3. The molecule has 0 radical (unpaired) electrons. The lowest BCUT2D eigenvalue weighted by atomic mass is 9.90. The van der Waals surface area contributed by atoms with Gasteiger partial charge in [-0.05, 0) is 25.8 Å². The van der Waals surface area contributed by atoms with Gasteiger partial charge in [0.15, 0.2) is 5.79 Å². The SMILES string of the molecule is Cn1cc(Cl)cc1CNC(=O)N1CCC[C@@H](C2(C)OCCO2)C1. The van der Waals surface area contributed by atoms with Crippen LogP contribution in [-0.4, -0.2) is 47.6 Å². The number of nitrogens with zero attached hydrogens (tertiary/aromatic N) is 2. The largest absolute Gasteiger partial charge is 0.351 e. The fourth-order valence-electron chi connectivity index (χ4n) is 3.38. The number of hydrogen-bond donors (Lipinski definition) is 1. The van der Waals surface area contributed by atoms with Crippen LogP contribution in [-0.2, 0) is 23.1 Å². The Kier molecular flexibility index (Phi) is 4.85. The van der Waals surface area contributed by atoms with Crippen molar-refractivity contribution >= 4 is 17.6 Å². The summed E-state index contributed by atoms with van der Waals surface area (Å²) in [6.07, 6.45) is 3.82. The number of hydrogen-bond acceptors (Lipinski definition) is 3. The van der Waals surface area contributed by atoms with Crippen LogP contribution in [0.15, 0.2) is 12.3 Å². The second-order valence-corrected chi connectivity index (χ2v) is 6.85. The average molecular weight is 342 g/mol. The van der Waals surface area contributed by atoms with Crippen molar-refractivity contribution in [3.63, 3.8) is 0 Å². The highest BCUT2D eigenvalue weighted by atomic mass is 35.5. The molecule has 2 fully saturated rings. The van der Waals surface area contributed by atoms with E-state index in [4.69, 9.17) is 21.1 Å². The summed E-state index contributed by atoms with van der Waals surface area (Å²) in [6.45, 7) is 5.15. The van der Waals surface area contributed by atoms with Gasteiger partial charge in [0.2, 0.25) is 0 Å². The van der Waals surface area contributed by atoms with Crippen molar-refractivity contribution in [1.82, 2.24) is 14.8 Å². The van der Waals surface area contributed by atoms with E-state index in [0.717, 1.165) is 25.1 Å². The molecule has 2 saturated heterocycles. The normalized spacial score (nSPS) is 24.0. The molecule has 2 aliphatic heterocycles. The Labute approximate surface area is 141 Å². The molecular weight excluding hydrogens is 318 g/mol. The van der Waals surface area contributed by atoms with Crippen LogP contribution >= 0.6 is 11.6 Å². The minimum absolute atomic E-state index is 0.0476. The molecule has 0 saturated carbocycles. The molecule has 0 aromatic carbocycles. The summed E-state index contributed by atoms with van der Waals surface area (Å²) in [6, 6.07) is 1.82. The summed E-state index contributed by atoms with van der Waals surface area (Å²) >= 11 is 5.97. The highest BCUT2D eigenvalue weighted by molar-refractivity contribution is 6.30. The minimum Gasteiger partial charge on any atom is -0.351 e. The lowest BCUT2D eigenvalue weighted by Gasteiger charge is -2.39. The number of carbonyl (C=O) groups excluding carboxylic acids is 1. The molecule has 0 spiro atoms. The smallest absolute Gasteiger partial charge is 0.317 e. The van der Waals surface area contributed by atoms with Gasteiger partial charge in [0, 0.05) is 37.9 Å². The molecule has 7 heteroatoms. The van der Waals surface area contributed by atoms with Gasteiger partial charge in [-0.15, -0.1) is 0 Å². The molecular formula is C16H24ClN3O3. The van der Waals surface area contributed by atoms with Crippen LogP contribution in [0.3, 0.4) is 0 Å². The predicted octanol–water partition coefficient (Wildman–Crippen LogP) is 2.36. The fraction of sp³-hybridized carbons (Fsp3) is 0.688. The summed E-state index contributed by atoms with van der Waals surface area (Å²) in [5.41, 5.74) is 0.978. The predicted molar refractivity (Wildman–Crippen MR) is 87.3 cm³/mol. The van der Waals surface area contributed by atoms with Gasteiger partial charge in [-0.1, -0.05) is 11.6 Å². The van der Waals surface area contributed by atoms with Gasteiger partial charge in [0.1, 0.15) is 0 Å². The van der Waals surface area contributed by atoms with Crippen LogP contribution in [0.2, 0.25) is 5.02 Å². The van der Waals surface area contributed by atoms with E-state index in [1.165, 1.54) is 0 Å². The van der Waals surface area contributed by atoms with Gasteiger partial charge in [-0.25, -0.2) is 4.79 Å². The standard InChI is InChI=1S/C16H24ClN3O3/c1-16(22-6-7-23-16)12-4-3-5-20(10-12)15(21)18-9-14-8-13(17)11-19(14)2/h8,11-12H,3-7,9-10H2,1-2H3,(H,18,21)/t12-/m1/s1. The highest BCUT2D eigenvalue weighted by Gasteiger charge is 2.42. The molecule has 0 aliphatic carbocycles. The van der Waals surface area contributed by atoms with E-state index < -0.39 is 5.79 Å². The van der Waals surface area contributed by atoms with E-state index in [9.17, 15) is 4.79 Å². The van der Waals surface area contributed by atoms with Crippen LogP contribution in [0.25, 0.3) is 0 Å². The highest BCUT2D eigenvalue weighted by Crippen LogP contribution is 2.34. The minimum atomic E-state index is -0.551. The summed E-state index contributed by atoms with van der Waals surface area (Å²) in [7, 11) is 1.92. The number of aromatic nitrogens is 1. The van der Waals surface area contributed by atoms with Gasteiger partial charge in [0.25, 0.3) is 0 Å². The Morgan fingerprint density at radius 2 is 2.22 bits per heavy atom. The van der Waals surface area contributed by atoms with E-state index >= 15 is 0 Å². The van der Waals surface area contributed by atoms with Crippen molar-refractivity contribution in [2.75, 3.05) is 26.3 Å². The van der Waals surface area contributed by atoms with Crippen LogP contribution in [0.4, 0.5) is 4.79 Å². The number of rotatable bonds is 3. The second kappa shape index (κ2) is 6.71. The molecule has 0 bridgehead atoms. The number of amides is 2. The van der Waals surface area contributed by atoms with Gasteiger partial charge in [-0.3, -0.25) is 0 Å². The Bertz CT molecular complexity index is 569. The van der Waals surface area contributed by atoms with Crippen molar-refractivity contribution < 1.29 is 14.3 Å². The Morgan fingerprint density at radius 1 is 1.48 bits per heavy atom. The lowest BCUT2D eigenvalue weighted by molar-refractivity contribution is -0.189. The molecule has 2 aliphatic rings. The molecule has 1 atom stereocenters. The first kappa shape index (κ1) is 16.6. The zero-order valence-electron chi connectivity index (χ0n) is 13.7. The summed E-state index contributed by atoms with van der Waals surface area (Å²) in [5.74, 6) is -0.334. The number of piperidine rings is 1. The van der Waals surface area contributed by atoms with Crippen LogP contribution in [0.5, 0.6) is 0 Å². The van der Waals surface area contributed by atoms with Gasteiger partial charge < -0.3 is 24.3 Å². The quantitative estimate of drug-likeness (QED) is 0.918. The molecule has 1 aromatic heterocycles. The number of carbonyl (C=O) groups is 1. The number of aryl methyl sites for hydroxylation is 1. The number of halogens is 1. The first-order valence-corrected chi connectivity index (χ1v) is 8.47. The Morgan fingerprint density at radius 3 is 2.87 bits per heavy atom. The maximum absolute atomic E-state index is 12.4. The number of urea groups is 1. The van der Waals surface area contributed by atoms with Crippen molar-refractivity contribution in [2.24, 2.45) is 13.0 Å². The second-order valence-electron chi connectivity index (χ2n) is 6.42. The van der Waals surface area contributed by atoms with E-state index in [1.54, 1.807) is 0 Å². The fourth-order valence-corrected chi connectivity index (χ4v) is 3.65. The number of likely N-dealkylation sites (tertiary alicyclic amines) is 1. The molecule has 1 aromatic rings. The topological polar surface area (TPSA) is 55.7 Å². The van der Waals surface area contributed by atoms with Crippen LogP contribution < -0.4 is 5.32 Å². The average Bonchev–Trinajstić information content (AvgIpc) is 3.11. The van der Waals surface area contributed by atoms with Gasteiger partial charge in [0.05, 0.1) is 24.8 Å². The van der Waals surface area contributed by atoms with Crippen LogP contribution in [0, 0.1) is 5.92 Å². The zero-order chi connectivity index (χ0) is 16.4. The van der Waals surface area contributed by atoms with E-state index in [0.29, 0.717) is 31.3 Å². The molecule has 3 heterocycles. The molecule has 128 valence electrons. The van der Waals surface area contributed by atoms with Crippen molar-refractivity contribution in [2.45, 2.75) is 32.1 Å². The van der Waals surface area contributed by atoms with E-state index in [2.05, 4.69) is 5.32 Å². The number of nitrogens with one attached hydrogen (secondary N) is 1. The van der Waals surface area contributed by atoms with E-state index in [1.807, 2.05) is 35.7 Å². The molecule has 3 rings (SSSR count). The van der Waals surface area contributed by atoms with Crippen molar-refractivity contribution in [3.05, 3.63) is 23.0 Å². The lowest BCUT2D eigenvalue weighted by Crippen LogP contribution is -2.51. The third-order valence-electron chi connectivity index (χ3n) is 4.81. The zero-order valence-corrected chi connectivity index (χ0v) is 14.4. The monoisotopic (exact) mass is 341 g/mol. The third-order valence-corrected chi connectivity index (χ3v) is 5.01. The van der Waals surface area contributed by atoms with Gasteiger partial charge >= 0.3 is 6.03 Å². The molecule has 0 unspecified atom stereocenters. The summed E-state index contributed by atoms with van der Waals surface area (Å²) < 4.78 is 13.4. The van der Waals surface area contributed by atoms with Gasteiger partial charge in [-0.2, -0.15) is 0 Å². The first-order valence-electron chi connectivity index (χ1n) is 8.09. The van der Waals surface area contributed by atoms with Crippen molar-refractivity contribution in [1.29, 1.82) is 0 Å². The maximum Gasteiger partial charge on any atom is 0.317 e. The van der Waals surface area contributed by atoms with E-state index in [-0.39, 0.29) is 11.9 Å². The molecule has 2 amide bonds. The molecule has 1 N–H and O–H groups in total. The van der Waals surface area contributed by atoms with Crippen molar-refractivity contribution in [3.8, 4) is 0 Å². The number of ether oxygens (including phenoxy) is 2. The summed E-state index contributed by atoms with van der Waals surface area (Å²) in [5, 5.41) is 3.65. The molecule has 23 heavy (non-hydrogen) atoms. The first-order chi connectivity index (χ1) is 11.0. The Hall–Kier alpha value is -1.24.